The summed E-state index contributed by atoms with van der Waals surface area (Å²) < 4.78 is 15.4. The predicted molar refractivity (Wildman–Crippen MR) is 127 cm³/mol. The summed E-state index contributed by atoms with van der Waals surface area (Å²) in [6.45, 7) is 3.36. The summed E-state index contributed by atoms with van der Waals surface area (Å²) in [5, 5.41) is 0. The second-order valence-corrected chi connectivity index (χ2v) is 8.36. The highest BCUT2D eigenvalue weighted by Gasteiger charge is 2.22. The molecule has 0 saturated carbocycles. The third kappa shape index (κ3) is 4.88. The van der Waals surface area contributed by atoms with Gasteiger partial charge in [-0.05, 0) is 42.3 Å². The molecule has 4 aromatic rings. The average molecular weight is 460 g/mol. The monoisotopic (exact) mass is 459 g/mol. The van der Waals surface area contributed by atoms with Crippen LogP contribution in [0, 0.1) is 5.82 Å². The molecule has 34 heavy (non-hydrogen) atoms. The Labute approximate surface area is 197 Å². The lowest BCUT2D eigenvalue weighted by Crippen LogP contribution is -2.49. The van der Waals surface area contributed by atoms with Crippen molar-refractivity contribution in [2.24, 2.45) is 0 Å². The van der Waals surface area contributed by atoms with E-state index in [9.17, 15) is 9.18 Å². The van der Waals surface area contributed by atoms with Crippen molar-refractivity contribution in [3.8, 4) is 0 Å². The lowest BCUT2D eigenvalue weighted by atomic mass is 10.2. The molecule has 0 atom stereocenters. The molecule has 1 fully saturated rings. The highest BCUT2D eigenvalue weighted by Crippen LogP contribution is 2.18. The molecule has 1 aromatic carbocycles. The second-order valence-electron chi connectivity index (χ2n) is 8.36. The Kier molecular flexibility index (Phi) is 6.42. The number of carbonyl (C=O) groups excluding carboxylic acids is 1. The van der Waals surface area contributed by atoms with Gasteiger partial charge in [0.1, 0.15) is 17.2 Å². The molecular formula is C25H26FN7O. The van der Waals surface area contributed by atoms with E-state index in [1.165, 1.54) is 12.1 Å². The van der Waals surface area contributed by atoms with Gasteiger partial charge >= 0.3 is 0 Å². The fourth-order valence-electron chi connectivity index (χ4n) is 4.30. The van der Waals surface area contributed by atoms with Crippen molar-refractivity contribution >= 4 is 23.0 Å². The van der Waals surface area contributed by atoms with E-state index >= 15 is 0 Å². The summed E-state index contributed by atoms with van der Waals surface area (Å²) >= 11 is 0. The Morgan fingerprint density at radius 2 is 1.65 bits per heavy atom. The molecule has 1 aliphatic rings. The minimum Gasteiger partial charge on any atom is -0.339 e. The normalized spacial score (nSPS) is 14.0. The molecule has 0 spiro atoms. The number of anilines is 1. The number of aryl methyl sites for hydroxylation is 1. The Morgan fingerprint density at radius 1 is 0.912 bits per heavy atom. The number of piperazine rings is 1. The molecule has 0 aliphatic carbocycles. The molecule has 1 saturated heterocycles. The largest absolute Gasteiger partial charge is 0.339 e. The second kappa shape index (κ2) is 9.94. The van der Waals surface area contributed by atoms with Gasteiger partial charge in [-0.2, -0.15) is 0 Å². The molecule has 5 rings (SSSR count). The number of hydrogen-bond donors (Lipinski definition) is 0. The number of hydrogen-bond acceptors (Lipinski definition) is 6. The molecule has 1 aliphatic heterocycles. The minimum atomic E-state index is -0.256. The van der Waals surface area contributed by atoms with E-state index in [0.29, 0.717) is 44.8 Å². The topological polar surface area (TPSA) is 80.0 Å². The number of pyridine rings is 1. The van der Waals surface area contributed by atoms with Crippen molar-refractivity contribution < 1.29 is 9.18 Å². The zero-order valence-corrected chi connectivity index (χ0v) is 18.8. The van der Waals surface area contributed by atoms with Gasteiger partial charge in [0.25, 0.3) is 0 Å². The Morgan fingerprint density at radius 3 is 2.41 bits per heavy atom. The van der Waals surface area contributed by atoms with Crippen LogP contribution in [-0.4, -0.2) is 61.5 Å². The molecule has 0 N–H and O–H groups in total. The standard InChI is InChI=1S/C25H26FN7O/c26-20-9-7-19(8-10-20)18-33-22(30-21-4-2-11-27-24(21)33)5-1-6-23(34)31-14-16-32(17-15-31)25-28-12-3-13-29-25/h2-4,7-13H,1,5-6,14-18H2. The van der Waals surface area contributed by atoms with Crippen molar-refractivity contribution in [1.29, 1.82) is 0 Å². The first-order valence-corrected chi connectivity index (χ1v) is 11.5. The van der Waals surface area contributed by atoms with Gasteiger partial charge in [0.05, 0.1) is 6.54 Å². The molecule has 3 aromatic heterocycles. The summed E-state index contributed by atoms with van der Waals surface area (Å²) in [6.07, 6.45) is 7.06. The molecule has 0 bridgehead atoms. The average Bonchev–Trinajstić information content (AvgIpc) is 3.23. The smallest absolute Gasteiger partial charge is 0.225 e. The number of amides is 1. The van der Waals surface area contributed by atoms with Crippen LogP contribution in [-0.2, 0) is 17.8 Å². The highest BCUT2D eigenvalue weighted by atomic mass is 19.1. The molecule has 9 heteroatoms. The summed E-state index contributed by atoms with van der Waals surface area (Å²) in [4.78, 5) is 34.7. The lowest BCUT2D eigenvalue weighted by molar-refractivity contribution is -0.131. The van der Waals surface area contributed by atoms with Gasteiger partial charge in [-0.15, -0.1) is 0 Å². The zero-order chi connectivity index (χ0) is 23.3. The van der Waals surface area contributed by atoms with Gasteiger partial charge in [-0.3, -0.25) is 4.79 Å². The van der Waals surface area contributed by atoms with Crippen molar-refractivity contribution in [2.45, 2.75) is 25.8 Å². The van der Waals surface area contributed by atoms with E-state index in [4.69, 9.17) is 4.98 Å². The molecule has 174 valence electrons. The van der Waals surface area contributed by atoms with Gasteiger partial charge < -0.3 is 14.4 Å². The number of aromatic nitrogens is 5. The van der Waals surface area contributed by atoms with Crippen LogP contribution in [0.4, 0.5) is 10.3 Å². The van der Waals surface area contributed by atoms with Gasteiger partial charge in [0.2, 0.25) is 11.9 Å². The maximum absolute atomic E-state index is 13.3. The van der Waals surface area contributed by atoms with E-state index < -0.39 is 0 Å². The van der Waals surface area contributed by atoms with Gasteiger partial charge in [-0.1, -0.05) is 12.1 Å². The SMILES string of the molecule is O=C(CCCc1nc2cccnc2n1Cc1ccc(F)cc1)N1CCN(c2ncccn2)CC1. The third-order valence-electron chi connectivity index (χ3n) is 6.10. The van der Waals surface area contributed by atoms with Crippen molar-refractivity contribution in [3.05, 3.63) is 78.3 Å². The fraction of sp³-hybridized carbons (Fsp3) is 0.320. The first-order chi connectivity index (χ1) is 16.7. The van der Waals surface area contributed by atoms with Crippen LogP contribution < -0.4 is 4.90 Å². The van der Waals surface area contributed by atoms with Crippen LogP contribution in [0.25, 0.3) is 11.2 Å². The van der Waals surface area contributed by atoms with Crippen molar-refractivity contribution in [3.63, 3.8) is 0 Å². The van der Waals surface area contributed by atoms with Crippen molar-refractivity contribution in [2.75, 3.05) is 31.1 Å². The summed E-state index contributed by atoms with van der Waals surface area (Å²) in [7, 11) is 0. The number of halogens is 1. The van der Waals surface area contributed by atoms with E-state index in [0.717, 1.165) is 35.6 Å². The van der Waals surface area contributed by atoms with Gasteiger partial charge in [0.15, 0.2) is 5.65 Å². The van der Waals surface area contributed by atoms with Crippen LogP contribution in [0.2, 0.25) is 0 Å². The maximum Gasteiger partial charge on any atom is 0.225 e. The number of imidazole rings is 1. The molecule has 8 nitrogen and oxygen atoms in total. The molecule has 0 unspecified atom stereocenters. The first-order valence-electron chi connectivity index (χ1n) is 11.5. The maximum atomic E-state index is 13.3. The van der Waals surface area contributed by atoms with Crippen LogP contribution in [0.1, 0.15) is 24.2 Å². The van der Waals surface area contributed by atoms with E-state index in [1.807, 2.05) is 17.0 Å². The Bertz CT molecular complexity index is 1250. The summed E-state index contributed by atoms with van der Waals surface area (Å²) in [6, 6.07) is 12.1. The summed E-state index contributed by atoms with van der Waals surface area (Å²) in [5.41, 5.74) is 2.60. The third-order valence-corrected chi connectivity index (χ3v) is 6.10. The van der Waals surface area contributed by atoms with Crippen LogP contribution in [0.15, 0.2) is 61.1 Å². The first kappa shape index (κ1) is 21.9. The molecule has 1 amide bonds. The van der Waals surface area contributed by atoms with E-state index in [-0.39, 0.29) is 11.7 Å². The van der Waals surface area contributed by atoms with Gasteiger partial charge in [0, 0.05) is 57.6 Å². The summed E-state index contributed by atoms with van der Waals surface area (Å²) in [5.74, 6) is 1.50. The highest BCUT2D eigenvalue weighted by molar-refractivity contribution is 5.76. The van der Waals surface area contributed by atoms with E-state index in [2.05, 4.69) is 24.4 Å². The van der Waals surface area contributed by atoms with E-state index in [1.54, 1.807) is 36.8 Å². The Hall–Kier alpha value is -3.88. The van der Waals surface area contributed by atoms with Gasteiger partial charge in [-0.25, -0.2) is 24.3 Å². The molecular weight excluding hydrogens is 433 g/mol. The molecule has 4 heterocycles. The number of rotatable bonds is 7. The quantitative estimate of drug-likeness (QED) is 0.423. The van der Waals surface area contributed by atoms with Crippen LogP contribution in [0.3, 0.4) is 0 Å². The minimum absolute atomic E-state index is 0.160. The number of benzene rings is 1. The Balaban J connectivity index is 1.20. The van der Waals surface area contributed by atoms with Crippen LogP contribution >= 0.6 is 0 Å². The predicted octanol–water partition coefficient (Wildman–Crippen LogP) is 3.08. The van der Waals surface area contributed by atoms with Crippen LogP contribution in [0.5, 0.6) is 0 Å². The fourth-order valence-corrected chi connectivity index (χ4v) is 4.30. The number of fused-ring (bicyclic) bond motifs is 1. The lowest BCUT2D eigenvalue weighted by Gasteiger charge is -2.34. The number of carbonyl (C=O) groups is 1. The van der Waals surface area contributed by atoms with Crippen molar-refractivity contribution in [1.82, 2.24) is 29.4 Å². The molecule has 0 radical (unpaired) electrons. The zero-order valence-electron chi connectivity index (χ0n) is 18.8. The number of nitrogens with zero attached hydrogens (tertiary/aromatic N) is 7.